The molecule has 6 nitrogen and oxygen atoms in total. The van der Waals surface area contributed by atoms with Crippen LogP contribution in [0.2, 0.25) is 0 Å². The molecule has 0 radical (unpaired) electrons. The lowest BCUT2D eigenvalue weighted by molar-refractivity contribution is 0.0941. The van der Waals surface area contributed by atoms with Gasteiger partial charge in [0, 0.05) is 11.6 Å². The van der Waals surface area contributed by atoms with Crippen LogP contribution in [0.1, 0.15) is 59.0 Å². The molecule has 2 aromatic heterocycles. The molecule has 134 valence electrons. The number of nitrogens with one attached hydrogen (secondary N) is 1. The first-order chi connectivity index (χ1) is 12.6. The number of hydrogen-bond donors (Lipinski definition) is 1. The normalized spacial score (nSPS) is 15.0. The Morgan fingerprint density at radius 1 is 1.35 bits per heavy atom. The molecule has 1 amide bonds. The first-order valence-electron chi connectivity index (χ1n) is 8.78. The molecule has 3 aromatic rings. The van der Waals surface area contributed by atoms with Crippen molar-refractivity contribution in [2.24, 2.45) is 0 Å². The Kier molecular flexibility index (Phi) is 4.11. The lowest BCUT2D eigenvalue weighted by Crippen LogP contribution is -2.27. The summed E-state index contributed by atoms with van der Waals surface area (Å²) in [7, 11) is 1.63. The van der Waals surface area contributed by atoms with Gasteiger partial charge in [-0.3, -0.25) is 4.79 Å². The molecule has 0 bridgehead atoms. The van der Waals surface area contributed by atoms with E-state index >= 15 is 0 Å². The van der Waals surface area contributed by atoms with Gasteiger partial charge in [0.15, 0.2) is 0 Å². The number of hydrogen-bond acceptors (Lipinski definition) is 5. The minimum atomic E-state index is -0.162. The molecule has 1 N–H and O–H groups in total. The van der Waals surface area contributed by atoms with Crippen LogP contribution in [-0.4, -0.2) is 23.2 Å². The summed E-state index contributed by atoms with van der Waals surface area (Å²) in [6, 6.07) is 9.41. The quantitative estimate of drug-likeness (QED) is 0.754. The van der Waals surface area contributed by atoms with Crippen molar-refractivity contribution >= 4 is 17.0 Å². The number of benzene rings is 1. The number of fused-ring (bicyclic) bond motifs is 1. The molecule has 1 atom stereocenters. The zero-order chi connectivity index (χ0) is 18.3. The molecule has 1 saturated carbocycles. The molecule has 1 aliphatic carbocycles. The summed E-state index contributed by atoms with van der Waals surface area (Å²) in [5.41, 5.74) is 3.57. The van der Waals surface area contributed by atoms with Gasteiger partial charge >= 0.3 is 0 Å². The maximum atomic E-state index is 13.0. The standard InChI is InChI=1S/C20H21N3O3/c1-11(14-5-4-6-15(9-14)25-3)21-19(24)16-10-17(13-7-8-13)22-20-18(16)12(2)23-26-20/h4-6,9-11,13H,7-8H2,1-3H3,(H,21,24)/t11-/m0/s1. The SMILES string of the molecule is COc1cccc([C@H](C)NC(=O)c2cc(C3CC3)nc3onc(C)c23)c1. The highest BCUT2D eigenvalue weighted by Gasteiger charge is 2.29. The first kappa shape index (κ1) is 16.6. The second-order valence-electron chi connectivity index (χ2n) is 6.79. The van der Waals surface area contributed by atoms with Crippen LogP contribution in [0.25, 0.3) is 11.1 Å². The maximum absolute atomic E-state index is 13.0. The fourth-order valence-corrected chi connectivity index (χ4v) is 3.15. The van der Waals surface area contributed by atoms with Crippen molar-refractivity contribution in [1.29, 1.82) is 0 Å². The lowest BCUT2D eigenvalue weighted by Gasteiger charge is -2.16. The van der Waals surface area contributed by atoms with Crippen LogP contribution in [0.4, 0.5) is 0 Å². The summed E-state index contributed by atoms with van der Waals surface area (Å²) in [5.74, 6) is 1.04. The van der Waals surface area contributed by atoms with E-state index in [1.54, 1.807) is 7.11 Å². The Hall–Kier alpha value is -2.89. The highest BCUT2D eigenvalue weighted by molar-refractivity contribution is 6.06. The molecule has 4 rings (SSSR count). The van der Waals surface area contributed by atoms with Crippen LogP contribution in [0.15, 0.2) is 34.9 Å². The highest BCUT2D eigenvalue weighted by Crippen LogP contribution is 2.40. The van der Waals surface area contributed by atoms with Crippen molar-refractivity contribution in [2.75, 3.05) is 7.11 Å². The number of amides is 1. The topological polar surface area (TPSA) is 77.2 Å². The third-order valence-electron chi connectivity index (χ3n) is 4.82. The average Bonchev–Trinajstić information content (AvgIpc) is 3.44. The Morgan fingerprint density at radius 3 is 2.88 bits per heavy atom. The van der Waals surface area contributed by atoms with Crippen molar-refractivity contribution in [3.05, 3.63) is 52.8 Å². The number of aryl methyl sites for hydroxylation is 1. The molecule has 26 heavy (non-hydrogen) atoms. The monoisotopic (exact) mass is 351 g/mol. The van der Waals surface area contributed by atoms with Crippen molar-refractivity contribution in [1.82, 2.24) is 15.5 Å². The van der Waals surface area contributed by atoms with Gasteiger partial charge in [-0.1, -0.05) is 17.3 Å². The largest absolute Gasteiger partial charge is 0.497 e. The maximum Gasteiger partial charge on any atom is 0.259 e. The minimum Gasteiger partial charge on any atom is -0.497 e. The number of nitrogens with zero attached hydrogens (tertiary/aromatic N) is 2. The molecular formula is C20H21N3O3. The summed E-state index contributed by atoms with van der Waals surface area (Å²) in [6.07, 6.45) is 2.21. The van der Waals surface area contributed by atoms with Gasteiger partial charge in [0.05, 0.1) is 29.8 Å². The number of pyridine rings is 1. The molecule has 1 aliphatic rings. The van der Waals surface area contributed by atoms with Gasteiger partial charge < -0.3 is 14.6 Å². The average molecular weight is 351 g/mol. The Balaban J connectivity index is 1.66. The third-order valence-corrected chi connectivity index (χ3v) is 4.82. The predicted molar refractivity (Wildman–Crippen MR) is 97.4 cm³/mol. The lowest BCUT2D eigenvalue weighted by atomic mass is 10.0. The third kappa shape index (κ3) is 3.03. The second-order valence-corrected chi connectivity index (χ2v) is 6.79. The van der Waals surface area contributed by atoms with Gasteiger partial charge in [-0.15, -0.1) is 0 Å². The molecule has 0 aliphatic heterocycles. The molecule has 0 saturated heterocycles. The van der Waals surface area contributed by atoms with Crippen LogP contribution < -0.4 is 10.1 Å². The fourth-order valence-electron chi connectivity index (χ4n) is 3.15. The van der Waals surface area contributed by atoms with E-state index in [2.05, 4.69) is 15.5 Å². The summed E-state index contributed by atoms with van der Waals surface area (Å²) >= 11 is 0. The number of methoxy groups -OCH3 is 1. The summed E-state index contributed by atoms with van der Waals surface area (Å²) < 4.78 is 10.6. The zero-order valence-electron chi connectivity index (χ0n) is 15.1. The van der Waals surface area contributed by atoms with E-state index in [0.717, 1.165) is 29.8 Å². The number of carbonyl (C=O) groups excluding carboxylic acids is 1. The van der Waals surface area contributed by atoms with Gasteiger partial charge in [0.25, 0.3) is 11.6 Å². The van der Waals surface area contributed by atoms with Crippen molar-refractivity contribution < 1.29 is 14.1 Å². The van der Waals surface area contributed by atoms with Crippen LogP contribution in [0, 0.1) is 6.92 Å². The molecule has 6 heteroatoms. The fraction of sp³-hybridized carbons (Fsp3) is 0.350. The smallest absolute Gasteiger partial charge is 0.259 e. The van der Waals surface area contributed by atoms with Gasteiger partial charge in [-0.25, -0.2) is 4.98 Å². The van der Waals surface area contributed by atoms with Crippen molar-refractivity contribution in [2.45, 2.75) is 38.6 Å². The Bertz CT molecular complexity index is 976. The van der Waals surface area contributed by atoms with E-state index in [4.69, 9.17) is 9.26 Å². The molecule has 1 aromatic carbocycles. The number of aromatic nitrogens is 2. The minimum absolute atomic E-state index is 0.152. The van der Waals surface area contributed by atoms with Crippen molar-refractivity contribution in [3.63, 3.8) is 0 Å². The van der Waals surface area contributed by atoms with Crippen LogP contribution in [0.5, 0.6) is 5.75 Å². The van der Waals surface area contributed by atoms with E-state index < -0.39 is 0 Å². The highest BCUT2D eigenvalue weighted by atomic mass is 16.5. The Morgan fingerprint density at radius 2 is 2.15 bits per heavy atom. The van der Waals surface area contributed by atoms with Crippen LogP contribution in [0.3, 0.4) is 0 Å². The van der Waals surface area contributed by atoms with Crippen LogP contribution >= 0.6 is 0 Å². The molecular weight excluding hydrogens is 330 g/mol. The molecule has 0 unspecified atom stereocenters. The molecule has 1 fully saturated rings. The molecule has 2 heterocycles. The molecule has 0 spiro atoms. The Labute approximate surface area is 151 Å². The summed E-state index contributed by atoms with van der Waals surface area (Å²) in [5, 5.41) is 7.74. The second kappa shape index (κ2) is 6.44. The van der Waals surface area contributed by atoms with Gasteiger partial charge in [-0.05, 0) is 50.5 Å². The summed E-state index contributed by atoms with van der Waals surface area (Å²) in [4.78, 5) is 17.5. The van der Waals surface area contributed by atoms with E-state index in [0.29, 0.717) is 28.3 Å². The predicted octanol–water partition coefficient (Wildman–Crippen LogP) is 3.91. The number of carbonyl (C=O) groups is 1. The van der Waals surface area contributed by atoms with Crippen molar-refractivity contribution in [3.8, 4) is 5.75 Å². The van der Waals surface area contributed by atoms with Gasteiger partial charge in [0.1, 0.15) is 5.75 Å². The number of ether oxygens (including phenoxy) is 1. The summed E-state index contributed by atoms with van der Waals surface area (Å²) in [6.45, 7) is 3.78. The van der Waals surface area contributed by atoms with E-state index in [-0.39, 0.29) is 11.9 Å². The number of rotatable bonds is 5. The van der Waals surface area contributed by atoms with Crippen LogP contribution in [-0.2, 0) is 0 Å². The first-order valence-corrected chi connectivity index (χ1v) is 8.78. The van der Waals surface area contributed by atoms with E-state index in [1.807, 2.05) is 44.2 Å². The van der Waals surface area contributed by atoms with Gasteiger partial charge in [0.2, 0.25) is 0 Å². The van der Waals surface area contributed by atoms with Gasteiger partial charge in [-0.2, -0.15) is 0 Å². The van der Waals surface area contributed by atoms with E-state index in [9.17, 15) is 4.79 Å². The zero-order valence-corrected chi connectivity index (χ0v) is 15.1. The van der Waals surface area contributed by atoms with E-state index in [1.165, 1.54) is 0 Å².